The average molecular weight is 201 g/mol. The van der Waals surface area contributed by atoms with Crippen LogP contribution in [0.25, 0.3) is 0 Å². The Balaban J connectivity index is 4.49. The minimum atomic E-state index is -0.459. The molecule has 1 unspecified atom stereocenters. The molecular weight excluding hydrogens is 182 g/mol. The summed E-state index contributed by atoms with van der Waals surface area (Å²) in [5.41, 5.74) is 1.22. The van der Waals surface area contributed by atoms with E-state index in [0.29, 0.717) is 6.54 Å². The van der Waals surface area contributed by atoms with Crippen molar-refractivity contribution >= 4 is 12.0 Å². The molecule has 0 aliphatic heterocycles. The van der Waals surface area contributed by atoms with Gasteiger partial charge in [-0.2, -0.15) is 10.7 Å². The number of likely N-dealkylation sites (N-methyl/N-ethyl adjacent to an activating group) is 1. The topological polar surface area (TPSA) is 73.7 Å². The number of hydrogen-bond acceptors (Lipinski definition) is 5. The van der Waals surface area contributed by atoms with E-state index >= 15 is 0 Å². The van der Waals surface area contributed by atoms with Gasteiger partial charge in [-0.15, -0.1) is 0 Å². The molecule has 0 aliphatic rings. The number of nitrogens with zero attached hydrogens (tertiary/aromatic N) is 1. The van der Waals surface area contributed by atoms with Gasteiger partial charge in [0.2, 0.25) is 0 Å². The van der Waals surface area contributed by atoms with Crippen molar-refractivity contribution in [3.8, 4) is 0 Å². The van der Waals surface area contributed by atoms with E-state index in [1.54, 1.807) is 5.59 Å². The van der Waals surface area contributed by atoms with Crippen LogP contribution in [-0.2, 0) is 4.79 Å². The molecule has 0 heterocycles. The van der Waals surface area contributed by atoms with Gasteiger partial charge in [0.15, 0.2) is 5.78 Å². The fraction of sp³-hybridized carbons (Fsp3) is 0.778. The second-order valence-electron chi connectivity index (χ2n) is 4.03. The van der Waals surface area contributed by atoms with Gasteiger partial charge < -0.3 is 5.32 Å². The Labute approximate surface area is 84.5 Å². The van der Waals surface area contributed by atoms with Gasteiger partial charge in [0, 0.05) is 5.41 Å². The maximum absolute atomic E-state index is 11.8. The fourth-order valence-corrected chi connectivity index (χ4v) is 1.01. The normalized spacial score (nSPS) is 14.4. The molecule has 0 rings (SSSR count). The molecule has 0 aromatic rings. The van der Waals surface area contributed by atoms with Gasteiger partial charge in [-0.1, -0.05) is 27.7 Å². The zero-order chi connectivity index (χ0) is 11.2. The van der Waals surface area contributed by atoms with Crippen LogP contribution >= 0.6 is 0 Å². The Hall–Kier alpha value is -0.940. The van der Waals surface area contributed by atoms with Gasteiger partial charge in [0.05, 0.1) is 6.21 Å². The Bertz CT molecular complexity index is 209. The van der Waals surface area contributed by atoms with Crippen LogP contribution in [0.5, 0.6) is 0 Å². The standard InChI is InChI=1S/C9H19N3O2/c1-5-10-7(6-11-12-14)8(13)9(2,3)4/h6-7,10,12,14H,5H2,1-4H3/b11-6+. The van der Waals surface area contributed by atoms with Crippen molar-refractivity contribution in [2.45, 2.75) is 33.7 Å². The van der Waals surface area contributed by atoms with Crippen molar-refractivity contribution in [2.75, 3.05) is 6.54 Å². The second-order valence-corrected chi connectivity index (χ2v) is 4.03. The number of carbonyl (C=O) groups excluding carboxylic acids is 1. The predicted octanol–water partition coefficient (Wildman–Crippen LogP) is 0.544. The van der Waals surface area contributed by atoms with E-state index in [4.69, 9.17) is 5.21 Å². The molecule has 0 spiro atoms. The lowest BCUT2D eigenvalue weighted by Crippen LogP contribution is -2.44. The maximum Gasteiger partial charge on any atom is 0.160 e. The van der Waals surface area contributed by atoms with Crippen LogP contribution in [0.1, 0.15) is 27.7 Å². The molecule has 5 heteroatoms. The average Bonchev–Trinajstić information content (AvgIpc) is 2.09. The molecule has 82 valence electrons. The van der Waals surface area contributed by atoms with Gasteiger partial charge in [-0.05, 0) is 6.54 Å². The van der Waals surface area contributed by atoms with Crippen LogP contribution in [0, 0.1) is 5.41 Å². The highest BCUT2D eigenvalue weighted by molar-refractivity contribution is 6.01. The smallest absolute Gasteiger partial charge is 0.160 e. The highest BCUT2D eigenvalue weighted by Crippen LogP contribution is 2.16. The summed E-state index contributed by atoms with van der Waals surface area (Å²) < 4.78 is 0. The van der Waals surface area contributed by atoms with Crippen LogP contribution in [0.3, 0.4) is 0 Å². The lowest BCUT2D eigenvalue weighted by molar-refractivity contribution is -0.126. The number of nitrogens with one attached hydrogen (secondary N) is 2. The molecule has 0 aromatic heterocycles. The maximum atomic E-state index is 11.8. The molecular formula is C9H19N3O2. The molecule has 3 N–H and O–H groups in total. The lowest BCUT2D eigenvalue weighted by atomic mass is 9.87. The number of rotatable bonds is 5. The van der Waals surface area contributed by atoms with E-state index in [2.05, 4.69) is 10.4 Å². The van der Waals surface area contributed by atoms with E-state index in [9.17, 15) is 4.79 Å². The minimum Gasteiger partial charge on any atom is -0.303 e. The van der Waals surface area contributed by atoms with Crippen LogP contribution < -0.4 is 10.9 Å². The largest absolute Gasteiger partial charge is 0.303 e. The Morgan fingerprint density at radius 1 is 1.57 bits per heavy atom. The third kappa shape index (κ3) is 4.34. The minimum absolute atomic E-state index is 0.0401. The van der Waals surface area contributed by atoms with Gasteiger partial charge >= 0.3 is 0 Å². The number of hydrazone groups is 1. The van der Waals surface area contributed by atoms with Crippen LogP contribution in [-0.4, -0.2) is 29.8 Å². The van der Waals surface area contributed by atoms with Gasteiger partial charge in [0.25, 0.3) is 0 Å². The van der Waals surface area contributed by atoms with Crippen LogP contribution in [0.2, 0.25) is 0 Å². The molecule has 5 nitrogen and oxygen atoms in total. The van der Waals surface area contributed by atoms with Gasteiger partial charge in [0.1, 0.15) is 6.04 Å². The first-order chi connectivity index (χ1) is 6.43. The van der Waals surface area contributed by atoms with Crippen molar-refractivity contribution in [3.05, 3.63) is 0 Å². The first-order valence-electron chi connectivity index (χ1n) is 4.63. The van der Waals surface area contributed by atoms with Gasteiger partial charge in [-0.25, -0.2) is 0 Å². The molecule has 0 fully saturated rings. The molecule has 0 radical (unpaired) electrons. The van der Waals surface area contributed by atoms with Crippen molar-refractivity contribution in [2.24, 2.45) is 10.5 Å². The molecule has 0 amide bonds. The van der Waals surface area contributed by atoms with E-state index in [-0.39, 0.29) is 5.78 Å². The fourth-order valence-electron chi connectivity index (χ4n) is 1.01. The molecule has 14 heavy (non-hydrogen) atoms. The molecule has 0 saturated carbocycles. The van der Waals surface area contributed by atoms with E-state index < -0.39 is 11.5 Å². The monoisotopic (exact) mass is 201 g/mol. The van der Waals surface area contributed by atoms with Crippen molar-refractivity contribution < 1.29 is 10.0 Å². The van der Waals surface area contributed by atoms with Crippen LogP contribution in [0.15, 0.2) is 5.10 Å². The Morgan fingerprint density at radius 3 is 2.50 bits per heavy atom. The highest BCUT2D eigenvalue weighted by Gasteiger charge is 2.27. The molecule has 0 saturated heterocycles. The third-order valence-corrected chi connectivity index (χ3v) is 1.73. The first kappa shape index (κ1) is 13.1. The zero-order valence-electron chi connectivity index (χ0n) is 9.16. The summed E-state index contributed by atoms with van der Waals surface area (Å²) >= 11 is 0. The summed E-state index contributed by atoms with van der Waals surface area (Å²) in [5.74, 6) is 0.0401. The van der Waals surface area contributed by atoms with Crippen molar-refractivity contribution in [3.63, 3.8) is 0 Å². The number of carbonyl (C=O) groups is 1. The predicted molar refractivity (Wildman–Crippen MR) is 55.3 cm³/mol. The summed E-state index contributed by atoms with van der Waals surface area (Å²) in [6, 6.07) is -0.459. The summed E-state index contributed by atoms with van der Waals surface area (Å²) in [4.78, 5) is 11.8. The van der Waals surface area contributed by atoms with E-state index in [1.165, 1.54) is 6.21 Å². The summed E-state index contributed by atoms with van der Waals surface area (Å²) in [5, 5.41) is 14.7. The molecule has 0 aromatic carbocycles. The quantitative estimate of drug-likeness (QED) is 0.448. The van der Waals surface area contributed by atoms with E-state index in [1.807, 2.05) is 27.7 Å². The second kappa shape index (κ2) is 5.72. The number of Topliss-reactive ketones (excluding diaryl/α,β-unsaturated/α-hetero) is 1. The summed E-state index contributed by atoms with van der Waals surface area (Å²) in [6.45, 7) is 8.12. The lowest BCUT2D eigenvalue weighted by Gasteiger charge is -2.22. The highest BCUT2D eigenvalue weighted by atomic mass is 16.5. The SMILES string of the molecule is CCNC(/C=N/NO)C(=O)C(C)(C)C. The van der Waals surface area contributed by atoms with Crippen molar-refractivity contribution in [1.29, 1.82) is 0 Å². The Kier molecular flexibility index (Phi) is 5.34. The third-order valence-electron chi connectivity index (χ3n) is 1.73. The number of hydrogen-bond donors (Lipinski definition) is 3. The zero-order valence-corrected chi connectivity index (χ0v) is 9.16. The number of ketones is 1. The van der Waals surface area contributed by atoms with Crippen molar-refractivity contribution in [1.82, 2.24) is 10.9 Å². The Morgan fingerprint density at radius 2 is 2.14 bits per heavy atom. The first-order valence-corrected chi connectivity index (χ1v) is 4.63. The van der Waals surface area contributed by atoms with Crippen LogP contribution in [0.4, 0.5) is 0 Å². The van der Waals surface area contributed by atoms with Gasteiger partial charge in [-0.3, -0.25) is 10.0 Å². The van der Waals surface area contributed by atoms with E-state index in [0.717, 1.165) is 0 Å². The molecule has 1 atom stereocenters. The summed E-state index contributed by atoms with van der Waals surface area (Å²) in [6.07, 6.45) is 1.36. The molecule has 0 aliphatic carbocycles. The molecule has 0 bridgehead atoms. The summed E-state index contributed by atoms with van der Waals surface area (Å²) in [7, 11) is 0.